The number of nitrogens with zero attached hydrogens (tertiary/aromatic N) is 3. The molecule has 0 unspecified atom stereocenters. The summed E-state index contributed by atoms with van der Waals surface area (Å²) in [5.74, 6) is 1.08. The number of aryl methyl sites for hydroxylation is 1. The molecule has 1 spiro atoms. The molecule has 9 nitrogen and oxygen atoms in total. The van der Waals surface area contributed by atoms with Gasteiger partial charge in [-0.05, 0) is 31.5 Å². The van der Waals surface area contributed by atoms with E-state index in [1.807, 2.05) is 11.8 Å². The van der Waals surface area contributed by atoms with Crippen LogP contribution in [0.15, 0.2) is 36.7 Å². The summed E-state index contributed by atoms with van der Waals surface area (Å²) < 4.78 is 37.8. The lowest BCUT2D eigenvalue weighted by Crippen LogP contribution is -2.67. The molecule has 1 aromatic carbocycles. The van der Waals surface area contributed by atoms with Gasteiger partial charge in [0.1, 0.15) is 11.4 Å². The van der Waals surface area contributed by atoms with Gasteiger partial charge in [-0.2, -0.15) is 0 Å². The first kappa shape index (κ1) is 23.5. The summed E-state index contributed by atoms with van der Waals surface area (Å²) in [6, 6.07) is 6.86. The first-order valence-corrected chi connectivity index (χ1v) is 12.2. The number of H-pyrrole nitrogens is 1. The third kappa shape index (κ3) is 4.31. The molecule has 0 saturated carbocycles. The normalized spacial score (nSPS) is 16.0. The van der Waals surface area contributed by atoms with Crippen LogP contribution in [-0.4, -0.2) is 65.8 Å². The zero-order valence-electron chi connectivity index (χ0n) is 20.7. The van der Waals surface area contributed by atoms with Crippen molar-refractivity contribution < 1.29 is 28.1 Å². The van der Waals surface area contributed by atoms with Gasteiger partial charge in [-0.15, -0.1) is 0 Å². The number of likely N-dealkylation sites (tertiary alicyclic amines) is 1. The van der Waals surface area contributed by atoms with E-state index in [4.69, 9.17) is 18.9 Å². The number of nitrogens with one attached hydrogen (secondary N) is 1. The maximum Gasteiger partial charge on any atom is 0.222 e. The number of fused-ring (bicyclic) bond motifs is 2. The molecule has 6 rings (SSSR count). The van der Waals surface area contributed by atoms with Crippen LogP contribution in [0.2, 0.25) is 0 Å². The van der Waals surface area contributed by atoms with Crippen LogP contribution in [0.4, 0.5) is 4.39 Å². The van der Waals surface area contributed by atoms with Crippen molar-refractivity contribution in [2.75, 3.05) is 40.0 Å². The van der Waals surface area contributed by atoms with E-state index in [0.29, 0.717) is 58.6 Å². The lowest BCUT2D eigenvalue weighted by atomic mass is 9.78. The summed E-state index contributed by atoms with van der Waals surface area (Å²) in [7, 11) is 1.55. The lowest BCUT2D eigenvalue weighted by molar-refractivity contribution is -0.195. The van der Waals surface area contributed by atoms with Crippen molar-refractivity contribution in [1.82, 2.24) is 19.9 Å². The van der Waals surface area contributed by atoms with Crippen LogP contribution in [0.5, 0.6) is 23.0 Å². The van der Waals surface area contributed by atoms with Crippen molar-refractivity contribution in [1.29, 1.82) is 0 Å². The molecular formula is C27H27FN4O5. The second-order valence-corrected chi connectivity index (χ2v) is 9.78. The minimum atomic E-state index is -0.491. The predicted octanol–water partition coefficient (Wildman–Crippen LogP) is 4.38. The number of rotatable bonds is 8. The largest absolute Gasteiger partial charge is 0.493 e. The van der Waals surface area contributed by atoms with Crippen molar-refractivity contribution in [2.45, 2.75) is 19.8 Å². The Morgan fingerprint density at radius 3 is 2.73 bits per heavy atom. The van der Waals surface area contributed by atoms with Gasteiger partial charge in [0.05, 0.1) is 49.4 Å². The molecule has 0 aliphatic carbocycles. The second kappa shape index (κ2) is 9.19. The highest BCUT2D eigenvalue weighted by Gasteiger charge is 2.50. The Labute approximate surface area is 212 Å². The van der Waals surface area contributed by atoms with Crippen molar-refractivity contribution in [3.8, 4) is 23.0 Å². The third-order valence-electron chi connectivity index (χ3n) is 6.92. The molecule has 4 aromatic rings. The van der Waals surface area contributed by atoms with Gasteiger partial charge in [0.2, 0.25) is 5.91 Å². The van der Waals surface area contributed by atoms with Crippen molar-refractivity contribution in [3.05, 3.63) is 48.2 Å². The van der Waals surface area contributed by atoms with Gasteiger partial charge in [-0.3, -0.25) is 9.78 Å². The van der Waals surface area contributed by atoms with E-state index in [9.17, 15) is 4.79 Å². The number of pyridine rings is 2. The van der Waals surface area contributed by atoms with Gasteiger partial charge in [0.25, 0.3) is 0 Å². The van der Waals surface area contributed by atoms with Gasteiger partial charge >= 0.3 is 0 Å². The molecule has 37 heavy (non-hydrogen) atoms. The quantitative estimate of drug-likeness (QED) is 0.354. The number of carbonyl (C=O) groups excluding carboxylic acids is 1. The fourth-order valence-electron chi connectivity index (χ4n) is 4.91. The topological polar surface area (TPSA) is 98.8 Å². The molecule has 1 N–H and O–H groups in total. The molecule has 3 aromatic heterocycles. The van der Waals surface area contributed by atoms with Crippen LogP contribution in [0, 0.1) is 18.2 Å². The summed E-state index contributed by atoms with van der Waals surface area (Å²) in [6.45, 7) is 5.30. The fraction of sp³-hybridized carbons (Fsp3) is 0.370. The van der Waals surface area contributed by atoms with Gasteiger partial charge in [-0.25, -0.2) is 9.37 Å². The highest BCUT2D eigenvalue weighted by Crippen LogP contribution is 2.39. The SMILES string of the molecule is COc1cc2c(Oc3cnc4[nH]c(C)cc4c3F)ccnc2cc1OCCCC(=O)N1CC2(COC2)C1. The second-order valence-electron chi connectivity index (χ2n) is 9.78. The smallest absolute Gasteiger partial charge is 0.222 e. The van der Waals surface area contributed by atoms with Gasteiger partial charge in [0, 0.05) is 42.9 Å². The number of hydrogen-bond donors (Lipinski definition) is 1. The molecule has 0 atom stereocenters. The number of amides is 1. The lowest BCUT2D eigenvalue weighted by Gasteiger charge is -2.55. The number of aromatic nitrogens is 3. The van der Waals surface area contributed by atoms with Gasteiger partial charge < -0.3 is 28.8 Å². The Balaban J connectivity index is 1.14. The van der Waals surface area contributed by atoms with Crippen LogP contribution >= 0.6 is 0 Å². The number of carbonyl (C=O) groups is 1. The van der Waals surface area contributed by atoms with Crippen molar-refractivity contribution >= 4 is 27.8 Å². The zero-order chi connectivity index (χ0) is 25.6. The first-order valence-electron chi connectivity index (χ1n) is 12.2. The van der Waals surface area contributed by atoms with E-state index in [-0.39, 0.29) is 17.1 Å². The molecule has 2 fully saturated rings. The van der Waals surface area contributed by atoms with Gasteiger partial charge in [0.15, 0.2) is 23.1 Å². The average Bonchev–Trinajstić information content (AvgIpc) is 3.22. The van der Waals surface area contributed by atoms with E-state index in [2.05, 4.69) is 15.0 Å². The number of hydrogen-bond acceptors (Lipinski definition) is 7. The van der Waals surface area contributed by atoms with E-state index in [1.165, 1.54) is 6.20 Å². The summed E-state index contributed by atoms with van der Waals surface area (Å²) in [5, 5.41) is 1.00. The number of halogens is 1. The maximum atomic E-state index is 15.1. The Kier molecular flexibility index (Phi) is 5.83. The summed E-state index contributed by atoms with van der Waals surface area (Å²) >= 11 is 0. The van der Waals surface area contributed by atoms with Crippen molar-refractivity contribution in [2.24, 2.45) is 5.41 Å². The molecule has 2 aliphatic heterocycles. The number of ether oxygens (including phenoxy) is 4. The number of aromatic amines is 1. The molecule has 2 aliphatic rings. The number of methoxy groups -OCH3 is 1. The standard InChI is InChI=1S/C27H27FN4O5/c1-16-8-18-25(28)23(11-30-26(18)31-16)37-20-5-6-29-19-10-22(21(34-2)9-17(19)20)36-7-3-4-24(33)32-12-27(13-32)14-35-15-27/h5-6,8-11H,3-4,7,12-15H2,1-2H3,(H,30,31). The Bertz CT molecular complexity index is 1490. The Morgan fingerprint density at radius 2 is 1.97 bits per heavy atom. The van der Waals surface area contributed by atoms with Gasteiger partial charge in [-0.1, -0.05) is 0 Å². The van der Waals surface area contributed by atoms with Crippen LogP contribution in [0.1, 0.15) is 18.5 Å². The van der Waals surface area contributed by atoms with E-state index in [0.717, 1.165) is 32.0 Å². The molecule has 0 bridgehead atoms. The van der Waals surface area contributed by atoms with Crippen LogP contribution in [0.25, 0.3) is 21.9 Å². The molecule has 5 heterocycles. The van der Waals surface area contributed by atoms with Crippen molar-refractivity contribution in [3.63, 3.8) is 0 Å². The summed E-state index contributed by atoms with van der Waals surface area (Å²) in [5.41, 5.74) is 2.10. The number of benzene rings is 1. The van der Waals surface area contributed by atoms with E-state index < -0.39 is 5.82 Å². The van der Waals surface area contributed by atoms with Crippen LogP contribution < -0.4 is 14.2 Å². The minimum Gasteiger partial charge on any atom is -0.493 e. The minimum absolute atomic E-state index is 0.0147. The third-order valence-corrected chi connectivity index (χ3v) is 6.92. The Hall–Kier alpha value is -3.92. The maximum absolute atomic E-state index is 15.1. The van der Waals surface area contributed by atoms with E-state index >= 15 is 4.39 Å². The molecule has 2 saturated heterocycles. The molecule has 192 valence electrons. The molecule has 10 heteroatoms. The first-order chi connectivity index (χ1) is 17.9. The molecule has 0 radical (unpaired) electrons. The summed E-state index contributed by atoms with van der Waals surface area (Å²) in [4.78, 5) is 26.0. The summed E-state index contributed by atoms with van der Waals surface area (Å²) in [6.07, 6.45) is 3.96. The molecule has 1 amide bonds. The van der Waals surface area contributed by atoms with Crippen LogP contribution in [0.3, 0.4) is 0 Å². The fourth-order valence-corrected chi connectivity index (χ4v) is 4.91. The highest BCUT2D eigenvalue weighted by molar-refractivity contribution is 5.88. The van der Waals surface area contributed by atoms with E-state index in [1.54, 1.807) is 37.6 Å². The highest BCUT2D eigenvalue weighted by atomic mass is 19.1. The molecular weight excluding hydrogens is 479 g/mol. The Morgan fingerprint density at radius 1 is 1.14 bits per heavy atom. The zero-order valence-corrected chi connectivity index (χ0v) is 20.7. The predicted molar refractivity (Wildman–Crippen MR) is 134 cm³/mol. The average molecular weight is 507 g/mol. The monoisotopic (exact) mass is 506 g/mol. The van der Waals surface area contributed by atoms with Crippen LogP contribution in [-0.2, 0) is 9.53 Å².